The Bertz CT molecular complexity index is 833. The van der Waals surface area contributed by atoms with Crippen LogP contribution in [0.5, 0.6) is 11.5 Å². The highest BCUT2D eigenvalue weighted by Crippen LogP contribution is 2.29. The van der Waals surface area contributed by atoms with Crippen molar-refractivity contribution in [3.05, 3.63) is 58.5 Å². The van der Waals surface area contributed by atoms with Crippen LogP contribution >= 0.6 is 0 Å². The summed E-state index contributed by atoms with van der Waals surface area (Å²) in [5.74, 6) is 0.392. The second-order valence-corrected chi connectivity index (χ2v) is 5.95. The second kappa shape index (κ2) is 8.50. The van der Waals surface area contributed by atoms with E-state index in [4.69, 9.17) is 14.4 Å². The molecule has 0 fully saturated rings. The van der Waals surface area contributed by atoms with Crippen LogP contribution in [0.3, 0.4) is 0 Å². The van der Waals surface area contributed by atoms with Crippen molar-refractivity contribution < 1.29 is 24.4 Å². The lowest BCUT2D eigenvalue weighted by Crippen LogP contribution is -2.11. The van der Waals surface area contributed by atoms with Crippen LogP contribution in [0.2, 0.25) is 0 Å². The van der Waals surface area contributed by atoms with Crippen LogP contribution in [0.25, 0.3) is 11.0 Å². The van der Waals surface area contributed by atoms with Gasteiger partial charge in [-0.2, -0.15) is 0 Å². The largest absolute Gasteiger partial charge is 0.508 e. The number of phenols is 1. The smallest absolute Gasteiger partial charge is 0.336 e. The van der Waals surface area contributed by atoms with Gasteiger partial charge in [0.05, 0.1) is 5.39 Å². The van der Waals surface area contributed by atoms with E-state index in [1.807, 2.05) is 13.0 Å². The lowest BCUT2D eigenvalue weighted by atomic mass is 10.0. The first-order valence-corrected chi connectivity index (χ1v) is 7.91. The first-order chi connectivity index (χ1) is 11.9. The van der Waals surface area contributed by atoms with Crippen LogP contribution in [-0.2, 0) is 4.89 Å². The summed E-state index contributed by atoms with van der Waals surface area (Å²) in [6.45, 7) is 7.81. The molecule has 0 aliphatic heterocycles. The Balaban J connectivity index is 2.02. The van der Waals surface area contributed by atoms with Crippen molar-refractivity contribution in [1.29, 1.82) is 0 Å². The minimum Gasteiger partial charge on any atom is -0.508 e. The Morgan fingerprint density at radius 3 is 2.80 bits per heavy atom. The Hall–Kier alpha value is -2.57. The van der Waals surface area contributed by atoms with Crippen LogP contribution in [0.1, 0.15) is 26.7 Å². The van der Waals surface area contributed by atoms with E-state index in [2.05, 4.69) is 11.5 Å². The van der Waals surface area contributed by atoms with Gasteiger partial charge >= 0.3 is 5.63 Å². The molecule has 6 heteroatoms. The summed E-state index contributed by atoms with van der Waals surface area (Å²) in [5.41, 5.74) is 1.61. The zero-order chi connectivity index (χ0) is 18.4. The van der Waals surface area contributed by atoms with Crippen molar-refractivity contribution >= 4 is 11.0 Å². The molecule has 0 saturated carbocycles. The highest BCUT2D eigenvalue weighted by Gasteiger charge is 2.10. The average Bonchev–Trinajstić information content (AvgIpc) is 2.54. The molecule has 2 N–H and O–H groups in total. The lowest BCUT2D eigenvalue weighted by Gasteiger charge is -2.13. The maximum atomic E-state index is 11.3. The number of aromatic hydroxyl groups is 1. The summed E-state index contributed by atoms with van der Waals surface area (Å²) >= 11 is 0. The van der Waals surface area contributed by atoms with E-state index in [9.17, 15) is 9.90 Å². The normalized spacial score (nSPS) is 13.0. The quantitative estimate of drug-likeness (QED) is 0.324. The molecule has 0 aliphatic rings. The van der Waals surface area contributed by atoms with Gasteiger partial charge in [0.1, 0.15) is 29.8 Å². The van der Waals surface area contributed by atoms with E-state index in [1.54, 1.807) is 13.0 Å². The third-order valence-corrected chi connectivity index (χ3v) is 3.83. The number of phenolic OH excluding ortho intramolecular Hbond substituents is 1. The molecule has 0 saturated heterocycles. The average molecular weight is 346 g/mol. The van der Waals surface area contributed by atoms with Gasteiger partial charge in [0.2, 0.25) is 0 Å². The van der Waals surface area contributed by atoms with Gasteiger partial charge in [0.25, 0.3) is 0 Å². The number of benzene rings is 1. The predicted octanol–water partition coefficient (Wildman–Crippen LogP) is 4.04. The van der Waals surface area contributed by atoms with Gasteiger partial charge in [-0.15, -0.1) is 0 Å². The van der Waals surface area contributed by atoms with Gasteiger partial charge in [0.15, 0.2) is 0 Å². The number of hydrogen-bond donors (Lipinski definition) is 2. The Labute approximate surface area is 145 Å². The Kier molecular flexibility index (Phi) is 6.38. The van der Waals surface area contributed by atoms with Crippen LogP contribution < -0.4 is 10.4 Å². The van der Waals surface area contributed by atoms with Crippen molar-refractivity contribution in [3.8, 4) is 11.5 Å². The van der Waals surface area contributed by atoms with Crippen molar-refractivity contribution in [2.24, 2.45) is 0 Å². The fourth-order valence-corrected chi connectivity index (χ4v) is 2.37. The molecular weight excluding hydrogens is 324 g/mol. The molecule has 0 aliphatic carbocycles. The van der Waals surface area contributed by atoms with E-state index in [1.165, 1.54) is 18.2 Å². The van der Waals surface area contributed by atoms with Crippen molar-refractivity contribution in [1.82, 2.24) is 0 Å². The summed E-state index contributed by atoms with van der Waals surface area (Å²) < 4.78 is 10.7. The molecule has 134 valence electrons. The summed E-state index contributed by atoms with van der Waals surface area (Å²) in [5, 5.41) is 19.2. The molecule has 1 aromatic heterocycles. The molecule has 25 heavy (non-hydrogen) atoms. The molecule has 0 unspecified atom stereocenters. The number of rotatable bonds is 8. The molecule has 0 radical (unpaired) electrons. The minimum atomic E-state index is -0.488. The van der Waals surface area contributed by atoms with Crippen LogP contribution in [0.4, 0.5) is 0 Å². The lowest BCUT2D eigenvalue weighted by molar-refractivity contribution is -0.269. The number of ether oxygens (including phenoxy) is 1. The summed E-state index contributed by atoms with van der Waals surface area (Å²) in [4.78, 5) is 15.7. The van der Waals surface area contributed by atoms with Gasteiger partial charge in [-0.25, -0.2) is 9.68 Å². The Morgan fingerprint density at radius 2 is 2.12 bits per heavy atom. The third kappa shape index (κ3) is 5.20. The predicted molar refractivity (Wildman–Crippen MR) is 95.0 cm³/mol. The highest BCUT2D eigenvalue weighted by atomic mass is 17.1. The monoisotopic (exact) mass is 346 g/mol. The minimum absolute atomic E-state index is 0.0399. The van der Waals surface area contributed by atoms with Crippen LogP contribution in [0, 0.1) is 0 Å². The summed E-state index contributed by atoms with van der Waals surface area (Å²) in [6, 6.07) is 5.75. The summed E-state index contributed by atoms with van der Waals surface area (Å²) in [6.07, 6.45) is 2.86. The standard InChI is InChI=1S/C19H22O6/c1-12(2)16(25-22)6-4-13(3)8-9-23-17-10-14(20)11-18-15(17)5-7-19(21)24-18/h5,7-8,10-11,16,20,22H,1,4,6,9H2,2-3H3/t16-/m0/s1. The number of allylic oxidation sites excluding steroid dienone is 1. The molecule has 0 bridgehead atoms. The number of fused-ring (bicyclic) bond motifs is 1. The van der Waals surface area contributed by atoms with Crippen molar-refractivity contribution in [3.63, 3.8) is 0 Å². The van der Waals surface area contributed by atoms with E-state index in [-0.39, 0.29) is 17.4 Å². The van der Waals surface area contributed by atoms with Crippen LogP contribution in [0.15, 0.2) is 57.3 Å². The zero-order valence-corrected chi connectivity index (χ0v) is 14.3. The van der Waals surface area contributed by atoms with Crippen molar-refractivity contribution in [2.75, 3.05) is 6.61 Å². The molecule has 0 amide bonds. The molecule has 2 rings (SSSR count). The fourth-order valence-electron chi connectivity index (χ4n) is 2.37. The van der Waals surface area contributed by atoms with Crippen LogP contribution in [-0.4, -0.2) is 23.1 Å². The molecule has 1 heterocycles. The van der Waals surface area contributed by atoms with Gasteiger partial charge in [-0.05, 0) is 44.4 Å². The van der Waals surface area contributed by atoms with Gasteiger partial charge in [-0.3, -0.25) is 5.26 Å². The second-order valence-electron chi connectivity index (χ2n) is 5.95. The van der Waals surface area contributed by atoms with Crippen molar-refractivity contribution in [2.45, 2.75) is 32.8 Å². The molecule has 2 aromatic rings. The first kappa shape index (κ1) is 18.8. The van der Waals surface area contributed by atoms with Gasteiger partial charge in [-0.1, -0.05) is 12.2 Å². The zero-order valence-electron chi connectivity index (χ0n) is 14.3. The SMILES string of the molecule is C=C(C)[C@H](CCC(C)=CCOc1cc(O)cc2oc(=O)ccc12)OO. The molecule has 1 atom stereocenters. The maximum Gasteiger partial charge on any atom is 0.336 e. The van der Waals surface area contributed by atoms with E-state index in [0.717, 1.165) is 17.6 Å². The molecular formula is C19H22O6. The van der Waals surface area contributed by atoms with E-state index in [0.29, 0.717) is 24.2 Å². The van der Waals surface area contributed by atoms with E-state index < -0.39 is 5.63 Å². The maximum absolute atomic E-state index is 11.3. The summed E-state index contributed by atoms with van der Waals surface area (Å²) in [7, 11) is 0. The number of hydrogen-bond acceptors (Lipinski definition) is 6. The topological polar surface area (TPSA) is 89.1 Å². The molecule has 6 nitrogen and oxygen atoms in total. The fraction of sp³-hybridized carbons (Fsp3) is 0.316. The molecule has 0 spiro atoms. The first-order valence-electron chi connectivity index (χ1n) is 7.91. The molecule has 1 aromatic carbocycles. The third-order valence-electron chi connectivity index (χ3n) is 3.83. The van der Waals surface area contributed by atoms with E-state index >= 15 is 0 Å². The Morgan fingerprint density at radius 1 is 1.36 bits per heavy atom. The highest BCUT2D eigenvalue weighted by molar-refractivity contribution is 5.84. The van der Waals surface area contributed by atoms with Gasteiger partial charge in [0, 0.05) is 18.2 Å². The van der Waals surface area contributed by atoms with Gasteiger partial charge < -0.3 is 14.3 Å².